The lowest BCUT2D eigenvalue weighted by Gasteiger charge is -2.05. The van der Waals surface area contributed by atoms with Crippen molar-refractivity contribution in [1.29, 1.82) is 0 Å². The third kappa shape index (κ3) is 5.49. The summed E-state index contributed by atoms with van der Waals surface area (Å²) in [5.74, 6) is -1.16. The summed E-state index contributed by atoms with van der Waals surface area (Å²) in [6.45, 7) is -0.230. The molecule has 35 heavy (non-hydrogen) atoms. The van der Waals surface area contributed by atoms with Crippen LogP contribution in [0.15, 0.2) is 47.0 Å². The minimum atomic E-state index is -3.15. The number of aromatic nitrogens is 4. The van der Waals surface area contributed by atoms with Crippen LogP contribution in [-0.4, -0.2) is 25.5 Å². The number of carbonyl (C=O) groups is 1. The second-order valence-electron chi connectivity index (χ2n) is 7.20. The average Bonchev–Trinajstić information content (AvgIpc) is 3.49. The van der Waals surface area contributed by atoms with Crippen LogP contribution < -0.4 is 5.32 Å². The van der Waals surface area contributed by atoms with Crippen molar-refractivity contribution < 1.29 is 31.2 Å². The molecule has 3 aromatic heterocycles. The van der Waals surface area contributed by atoms with Gasteiger partial charge in [0.1, 0.15) is 23.0 Å². The Morgan fingerprint density at radius 2 is 1.80 bits per heavy atom. The summed E-state index contributed by atoms with van der Waals surface area (Å²) in [7, 11) is 0. The maximum atomic E-state index is 13.3. The maximum absolute atomic E-state index is 13.3. The Bertz CT molecular complexity index is 1370. The fourth-order valence-corrected chi connectivity index (χ4v) is 3.72. The van der Waals surface area contributed by atoms with Crippen LogP contribution >= 0.6 is 23.2 Å². The smallest absolute Gasteiger partial charge is 0.292 e. The van der Waals surface area contributed by atoms with Gasteiger partial charge in [0, 0.05) is 17.3 Å². The van der Waals surface area contributed by atoms with Gasteiger partial charge in [-0.05, 0) is 29.8 Å². The van der Waals surface area contributed by atoms with Crippen LogP contribution in [0.4, 0.5) is 27.8 Å². The van der Waals surface area contributed by atoms with Crippen molar-refractivity contribution in [3.05, 3.63) is 86.9 Å². The number of carbonyl (C=O) groups excluding carboxylic acids is 1. The van der Waals surface area contributed by atoms with Crippen LogP contribution in [0.25, 0.3) is 0 Å². The SMILES string of the molecule is O=C(Nc1ccn(Cc2ccc(F)cc2Cl)n1)c1ccc(Cn2nc(C(F)F)c(Cl)c2C(F)F)o1. The molecule has 0 fully saturated rings. The number of halogens is 7. The van der Waals surface area contributed by atoms with E-state index in [-0.39, 0.29) is 28.9 Å². The Morgan fingerprint density at radius 1 is 1.03 bits per heavy atom. The molecule has 0 radical (unpaired) electrons. The molecule has 4 aromatic rings. The van der Waals surface area contributed by atoms with E-state index >= 15 is 0 Å². The molecular formula is C21H14Cl2F5N5O2. The van der Waals surface area contributed by atoms with Crippen LogP contribution in [0.2, 0.25) is 10.0 Å². The lowest BCUT2D eigenvalue weighted by Crippen LogP contribution is -2.12. The Morgan fingerprint density at radius 3 is 2.49 bits per heavy atom. The van der Waals surface area contributed by atoms with Gasteiger partial charge in [0.05, 0.1) is 18.1 Å². The van der Waals surface area contributed by atoms with Crippen molar-refractivity contribution in [1.82, 2.24) is 19.6 Å². The fraction of sp³-hybridized carbons (Fsp3) is 0.190. The normalized spacial score (nSPS) is 11.6. The van der Waals surface area contributed by atoms with E-state index in [1.165, 1.54) is 41.1 Å². The fourth-order valence-electron chi connectivity index (χ4n) is 3.19. The number of alkyl halides is 4. The molecule has 3 heterocycles. The van der Waals surface area contributed by atoms with Crippen molar-refractivity contribution in [3.63, 3.8) is 0 Å². The zero-order valence-corrected chi connectivity index (χ0v) is 18.9. The zero-order valence-electron chi connectivity index (χ0n) is 17.4. The van der Waals surface area contributed by atoms with E-state index in [1.54, 1.807) is 6.20 Å². The summed E-state index contributed by atoms with van der Waals surface area (Å²) in [5, 5.41) is 9.53. The van der Waals surface area contributed by atoms with Gasteiger partial charge in [-0.1, -0.05) is 29.3 Å². The molecule has 184 valence electrons. The highest BCUT2D eigenvalue weighted by atomic mass is 35.5. The van der Waals surface area contributed by atoms with Gasteiger partial charge >= 0.3 is 0 Å². The Balaban J connectivity index is 1.44. The minimum Gasteiger partial charge on any atom is -0.454 e. The summed E-state index contributed by atoms with van der Waals surface area (Å²) >= 11 is 11.6. The molecule has 0 aliphatic rings. The summed E-state index contributed by atoms with van der Waals surface area (Å²) in [6, 6.07) is 8.05. The van der Waals surface area contributed by atoms with E-state index in [1.807, 2.05) is 0 Å². The molecule has 0 saturated carbocycles. The summed E-state index contributed by atoms with van der Waals surface area (Å²) < 4.78 is 73.2. The molecule has 1 amide bonds. The molecule has 14 heteroatoms. The lowest BCUT2D eigenvalue weighted by atomic mass is 10.2. The molecule has 0 aliphatic carbocycles. The summed E-state index contributed by atoms with van der Waals surface area (Å²) in [5.41, 5.74) is -1.23. The first-order valence-corrected chi connectivity index (χ1v) is 10.6. The molecule has 7 nitrogen and oxygen atoms in total. The molecule has 0 unspecified atom stereocenters. The predicted octanol–water partition coefficient (Wildman–Crippen LogP) is 6.34. The standard InChI is InChI=1S/C21H14Cl2F5N5O2/c22-13-7-11(24)2-1-10(13)8-32-6-5-15(30-32)29-21(34)14-4-3-12(35-14)9-33-18(20(27)28)16(23)17(31-33)19(25)26/h1-7,19-20H,8-9H2,(H,29,30,34). The van der Waals surface area contributed by atoms with Gasteiger partial charge in [-0.2, -0.15) is 10.2 Å². The van der Waals surface area contributed by atoms with Gasteiger partial charge in [0.2, 0.25) is 0 Å². The molecule has 4 rings (SSSR count). The Hall–Kier alpha value is -3.38. The second-order valence-corrected chi connectivity index (χ2v) is 7.98. The van der Waals surface area contributed by atoms with Crippen LogP contribution in [0.3, 0.4) is 0 Å². The molecule has 0 bridgehead atoms. The van der Waals surface area contributed by atoms with Crippen LogP contribution in [0.1, 0.15) is 46.1 Å². The highest BCUT2D eigenvalue weighted by Gasteiger charge is 2.28. The van der Waals surface area contributed by atoms with Gasteiger partial charge in [0.15, 0.2) is 11.6 Å². The Labute approximate surface area is 204 Å². The quantitative estimate of drug-likeness (QED) is 0.268. The van der Waals surface area contributed by atoms with E-state index in [9.17, 15) is 26.7 Å². The topological polar surface area (TPSA) is 77.9 Å². The van der Waals surface area contributed by atoms with Gasteiger partial charge in [-0.25, -0.2) is 22.0 Å². The van der Waals surface area contributed by atoms with Crippen molar-refractivity contribution in [2.24, 2.45) is 0 Å². The van der Waals surface area contributed by atoms with Crippen LogP contribution in [0, 0.1) is 5.82 Å². The third-order valence-corrected chi connectivity index (χ3v) is 5.53. The van der Waals surface area contributed by atoms with Crippen LogP contribution in [0.5, 0.6) is 0 Å². The highest BCUT2D eigenvalue weighted by molar-refractivity contribution is 6.32. The van der Waals surface area contributed by atoms with E-state index in [0.717, 1.165) is 0 Å². The van der Waals surface area contributed by atoms with E-state index in [2.05, 4.69) is 15.5 Å². The van der Waals surface area contributed by atoms with Gasteiger partial charge in [-0.15, -0.1) is 0 Å². The molecule has 0 aliphatic heterocycles. The summed E-state index contributed by atoms with van der Waals surface area (Å²) in [4.78, 5) is 12.5. The number of hydrogen-bond acceptors (Lipinski definition) is 4. The number of hydrogen-bond donors (Lipinski definition) is 1. The number of furan rings is 1. The number of amides is 1. The molecule has 1 aromatic carbocycles. The first kappa shape index (κ1) is 24.7. The van der Waals surface area contributed by atoms with Gasteiger partial charge in [0.25, 0.3) is 18.8 Å². The number of nitrogens with one attached hydrogen (secondary N) is 1. The zero-order chi connectivity index (χ0) is 25.3. The van der Waals surface area contributed by atoms with Gasteiger partial charge < -0.3 is 9.73 Å². The molecule has 0 spiro atoms. The minimum absolute atomic E-state index is 0.00788. The number of anilines is 1. The predicted molar refractivity (Wildman–Crippen MR) is 116 cm³/mol. The van der Waals surface area contributed by atoms with Crippen molar-refractivity contribution in [2.45, 2.75) is 25.9 Å². The Kier molecular flexibility index (Phi) is 7.13. The van der Waals surface area contributed by atoms with Crippen molar-refractivity contribution in [2.75, 3.05) is 5.32 Å². The molecule has 1 N–H and O–H groups in total. The molecule has 0 atom stereocenters. The van der Waals surface area contributed by atoms with Gasteiger partial charge in [-0.3, -0.25) is 14.2 Å². The highest BCUT2D eigenvalue weighted by Crippen LogP contribution is 2.35. The third-order valence-electron chi connectivity index (χ3n) is 4.79. The van der Waals surface area contributed by atoms with Crippen molar-refractivity contribution >= 4 is 34.9 Å². The second kappa shape index (κ2) is 10.1. The first-order valence-electron chi connectivity index (χ1n) is 9.82. The molecule has 0 saturated heterocycles. The van der Waals surface area contributed by atoms with E-state index in [0.29, 0.717) is 10.2 Å². The number of nitrogens with zero attached hydrogens (tertiary/aromatic N) is 4. The average molecular weight is 534 g/mol. The van der Waals surface area contributed by atoms with E-state index < -0.39 is 47.5 Å². The number of benzene rings is 1. The lowest BCUT2D eigenvalue weighted by molar-refractivity contribution is 0.0993. The summed E-state index contributed by atoms with van der Waals surface area (Å²) in [6.07, 6.45) is -4.73. The van der Waals surface area contributed by atoms with Crippen molar-refractivity contribution in [3.8, 4) is 0 Å². The number of rotatable bonds is 8. The largest absolute Gasteiger partial charge is 0.454 e. The monoisotopic (exact) mass is 533 g/mol. The van der Waals surface area contributed by atoms with Crippen LogP contribution in [-0.2, 0) is 13.1 Å². The van der Waals surface area contributed by atoms with E-state index in [4.69, 9.17) is 27.6 Å². The maximum Gasteiger partial charge on any atom is 0.292 e. The first-order chi connectivity index (χ1) is 16.6. The molecular weight excluding hydrogens is 520 g/mol.